The van der Waals surface area contributed by atoms with Crippen LogP contribution < -0.4 is 5.43 Å². The Morgan fingerprint density at radius 2 is 1.96 bits per heavy atom. The lowest BCUT2D eigenvalue weighted by atomic mass is 10.1. The van der Waals surface area contributed by atoms with E-state index in [4.69, 9.17) is 5.11 Å². The quantitative estimate of drug-likeness (QED) is 0.569. The minimum Gasteiger partial charge on any atom is -0.478 e. The van der Waals surface area contributed by atoms with Crippen LogP contribution in [0.1, 0.15) is 10.4 Å². The van der Waals surface area contributed by atoms with Gasteiger partial charge in [-0.2, -0.15) is 0 Å². The molecule has 118 valence electrons. The second-order valence-corrected chi connectivity index (χ2v) is 6.39. The fraction of sp³-hybridized carbons (Fsp3) is 0.0556. The summed E-state index contributed by atoms with van der Waals surface area (Å²) < 4.78 is 1.91. The number of carbonyl (C=O) groups is 1. The van der Waals surface area contributed by atoms with E-state index in [9.17, 15) is 9.59 Å². The summed E-state index contributed by atoms with van der Waals surface area (Å²) in [5.74, 6) is -1.04. The van der Waals surface area contributed by atoms with Gasteiger partial charge in [0.25, 0.3) is 0 Å². The monoisotopic (exact) mass is 336 g/mol. The van der Waals surface area contributed by atoms with Crippen molar-refractivity contribution in [3.05, 3.63) is 63.8 Å². The molecule has 0 atom stereocenters. The lowest BCUT2D eigenvalue weighted by Crippen LogP contribution is -2.10. The summed E-state index contributed by atoms with van der Waals surface area (Å²) in [5.41, 5.74) is 2.40. The normalized spacial score (nSPS) is 11.2. The first-order chi connectivity index (χ1) is 11.6. The van der Waals surface area contributed by atoms with Crippen LogP contribution in [0.3, 0.4) is 0 Å². The van der Waals surface area contributed by atoms with E-state index in [-0.39, 0.29) is 11.0 Å². The van der Waals surface area contributed by atoms with Crippen molar-refractivity contribution in [2.24, 2.45) is 7.05 Å². The highest BCUT2D eigenvalue weighted by Gasteiger charge is 2.13. The molecule has 0 amide bonds. The van der Waals surface area contributed by atoms with E-state index in [1.54, 1.807) is 18.3 Å². The molecule has 6 heteroatoms. The summed E-state index contributed by atoms with van der Waals surface area (Å²) in [5, 5.41) is 12.9. The Kier molecular flexibility index (Phi) is 3.21. The van der Waals surface area contributed by atoms with E-state index < -0.39 is 5.97 Å². The molecule has 4 aromatic rings. The number of hydrogen-bond donors (Lipinski definition) is 1. The van der Waals surface area contributed by atoms with Crippen molar-refractivity contribution in [1.29, 1.82) is 0 Å². The van der Waals surface area contributed by atoms with Crippen LogP contribution in [-0.2, 0) is 7.05 Å². The molecule has 0 aliphatic rings. The van der Waals surface area contributed by atoms with Crippen molar-refractivity contribution in [2.75, 3.05) is 0 Å². The third-order valence-corrected chi connectivity index (χ3v) is 4.95. The molecule has 0 fully saturated rings. The number of rotatable bonds is 2. The second-order valence-electron chi connectivity index (χ2n) is 5.49. The third kappa shape index (κ3) is 2.11. The zero-order valence-electron chi connectivity index (χ0n) is 12.7. The molecule has 2 heterocycles. The number of pyridine rings is 1. The molecule has 0 radical (unpaired) electrons. The molecule has 4 rings (SSSR count). The number of thiazole rings is 1. The summed E-state index contributed by atoms with van der Waals surface area (Å²) in [6.45, 7) is 0. The first kappa shape index (κ1) is 14.6. The molecule has 0 aliphatic heterocycles. The first-order valence-electron chi connectivity index (χ1n) is 7.26. The zero-order valence-corrected chi connectivity index (χ0v) is 13.5. The highest BCUT2D eigenvalue weighted by Crippen LogP contribution is 2.26. The number of fused-ring (bicyclic) bond motifs is 2. The molecule has 0 unspecified atom stereocenters. The zero-order chi connectivity index (χ0) is 16.8. The molecule has 24 heavy (non-hydrogen) atoms. The predicted molar refractivity (Wildman–Crippen MR) is 94.8 cm³/mol. The highest BCUT2D eigenvalue weighted by atomic mass is 32.1. The lowest BCUT2D eigenvalue weighted by molar-refractivity contribution is 0.0697. The molecular formula is C18H12N2O3S. The Morgan fingerprint density at radius 1 is 1.12 bits per heavy atom. The Balaban J connectivity index is 2.09. The second kappa shape index (κ2) is 5.28. The van der Waals surface area contributed by atoms with Crippen LogP contribution in [-0.4, -0.2) is 20.6 Å². The number of nitrogens with zero attached hydrogens (tertiary/aromatic N) is 2. The predicted octanol–water partition coefficient (Wildman–Crippen LogP) is 3.51. The van der Waals surface area contributed by atoms with Crippen molar-refractivity contribution in [2.45, 2.75) is 0 Å². The van der Waals surface area contributed by atoms with Gasteiger partial charge >= 0.3 is 5.97 Å². The van der Waals surface area contributed by atoms with Gasteiger partial charge in [0.15, 0.2) is 5.43 Å². The molecule has 5 nitrogen and oxygen atoms in total. The largest absolute Gasteiger partial charge is 0.478 e. The van der Waals surface area contributed by atoms with Crippen LogP contribution in [0.5, 0.6) is 0 Å². The van der Waals surface area contributed by atoms with Crippen molar-refractivity contribution >= 4 is 39.1 Å². The highest BCUT2D eigenvalue weighted by molar-refractivity contribution is 7.13. The Hall–Kier alpha value is -2.99. The Labute approximate surface area is 140 Å². The van der Waals surface area contributed by atoms with Gasteiger partial charge in [-0.05, 0) is 30.3 Å². The average Bonchev–Trinajstić information content (AvgIpc) is 3.13. The SMILES string of the molecule is Cn1c2ccc(C(=O)O)cc2c(=O)c2ccc(-c3nccs3)cc21. The molecule has 0 saturated heterocycles. The van der Waals surface area contributed by atoms with Gasteiger partial charge < -0.3 is 9.67 Å². The van der Waals surface area contributed by atoms with E-state index in [0.29, 0.717) is 16.3 Å². The smallest absolute Gasteiger partial charge is 0.335 e. The molecule has 0 saturated carbocycles. The standard InChI is InChI=1S/C18H12N2O3S/c1-20-14-5-3-11(18(22)23)8-13(14)16(21)12-4-2-10(9-15(12)20)17-19-6-7-24-17/h2-9H,1H3,(H,22,23). The number of aryl methyl sites for hydroxylation is 1. The van der Waals surface area contributed by atoms with Gasteiger partial charge in [0.05, 0.1) is 16.6 Å². The summed E-state index contributed by atoms with van der Waals surface area (Å²) >= 11 is 1.54. The Bertz CT molecular complexity index is 1160. The van der Waals surface area contributed by atoms with Gasteiger partial charge in [-0.15, -0.1) is 11.3 Å². The van der Waals surface area contributed by atoms with Crippen LogP contribution in [0, 0.1) is 0 Å². The summed E-state index contributed by atoms with van der Waals surface area (Å²) in [7, 11) is 1.87. The van der Waals surface area contributed by atoms with Gasteiger partial charge in [-0.1, -0.05) is 6.07 Å². The summed E-state index contributed by atoms with van der Waals surface area (Å²) in [6, 6.07) is 10.2. The topological polar surface area (TPSA) is 72.2 Å². The van der Waals surface area contributed by atoms with Crippen LogP contribution in [0.15, 0.2) is 52.8 Å². The molecular weight excluding hydrogens is 324 g/mol. The average molecular weight is 336 g/mol. The number of carboxylic acids is 1. The maximum absolute atomic E-state index is 12.8. The molecule has 2 aromatic carbocycles. The van der Waals surface area contributed by atoms with Gasteiger partial charge in [-0.25, -0.2) is 9.78 Å². The van der Waals surface area contributed by atoms with Crippen molar-refractivity contribution in [3.63, 3.8) is 0 Å². The van der Waals surface area contributed by atoms with Crippen LogP contribution >= 0.6 is 11.3 Å². The van der Waals surface area contributed by atoms with Crippen molar-refractivity contribution in [3.8, 4) is 10.6 Å². The molecule has 0 spiro atoms. The number of benzene rings is 2. The van der Waals surface area contributed by atoms with E-state index in [0.717, 1.165) is 16.1 Å². The van der Waals surface area contributed by atoms with Gasteiger partial charge in [0.2, 0.25) is 0 Å². The van der Waals surface area contributed by atoms with E-state index in [1.807, 2.05) is 29.1 Å². The molecule has 0 bridgehead atoms. The maximum atomic E-state index is 12.8. The van der Waals surface area contributed by atoms with Gasteiger partial charge in [0, 0.05) is 35.0 Å². The fourth-order valence-electron chi connectivity index (χ4n) is 2.92. The minimum atomic E-state index is -1.04. The number of aromatic carboxylic acids is 1. The number of carboxylic acid groups (broad SMARTS) is 1. The third-order valence-electron chi connectivity index (χ3n) is 4.13. The summed E-state index contributed by atoms with van der Waals surface area (Å²) in [4.78, 5) is 28.3. The van der Waals surface area contributed by atoms with Crippen LogP contribution in [0.2, 0.25) is 0 Å². The first-order valence-corrected chi connectivity index (χ1v) is 8.14. The maximum Gasteiger partial charge on any atom is 0.335 e. The van der Waals surface area contributed by atoms with E-state index in [2.05, 4.69) is 4.98 Å². The number of hydrogen-bond acceptors (Lipinski definition) is 4. The molecule has 2 aromatic heterocycles. The molecule has 0 aliphatic carbocycles. The van der Waals surface area contributed by atoms with Crippen molar-refractivity contribution in [1.82, 2.24) is 9.55 Å². The summed E-state index contributed by atoms with van der Waals surface area (Å²) in [6.07, 6.45) is 1.75. The van der Waals surface area contributed by atoms with Gasteiger partial charge in [0.1, 0.15) is 5.01 Å². The van der Waals surface area contributed by atoms with Gasteiger partial charge in [-0.3, -0.25) is 4.79 Å². The van der Waals surface area contributed by atoms with Crippen LogP contribution in [0.25, 0.3) is 32.4 Å². The minimum absolute atomic E-state index is 0.110. The van der Waals surface area contributed by atoms with E-state index >= 15 is 0 Å². The van der Waals surface area contributed by atoms with Crippen molar-refractivity contribution < 1.29 is 9.90 Å². The Morgan fingerprint density at radius 3 is 2.67 bits per heavy atom. The molecule has 1 N–H and O–H groups in total. The van der Waals surface area contributed by atoms with Crippen LogP contribution in [0.4, 0.5) is 0 Å². The lowest BCUT2D eigenvalue weighted by Gasteiger charge is -2.11. The fourth-order valence-corrected chi connectivity index (χ4v) is 3.55. The van der Waals surface area contributed by atoms with E-state index in [1.165, 1.54) is 23.5 Å². The number of aromatic nitrogens is 2.